The van der Waals surface area contributed by atoms with E-state index in [-0.39, 0.29) is 44.7 Å². The zero-order chi connectivity index (χ0) is 23.5. The first-order valence-electron chi connectivity index (χ1n) is 14.1. The van der Waals surface area contributed by atoms with Crippen LogP contribution in [-0.2, 0) is 23.0 Å². The third-order valence-corrected chi connectivity index (χ3v) is 76.1. The summed E-state index contributed by atoms with van der Waals surface area (Å²) in [5.41, 5.74) is 0. The van der Waals surface area contributed by atoms with Gasteiger partial charge in [0.1, 0.15) is 0 Å². The molecule has 0 radical (unpaired) electrons. The summed E-state index contributed by atoms with van der Waals surface area (Å²) >= 11 is 0. The second-order valence-corrected chi connectivity index (χ2v) is 44.6. The monoisotopic (exact) mass is 648 g/mol. The van der Waals surface area contributed by atoms with E-state index in [1.165, 1.54) is 38.5 Å². The van der Waals surface area contributed by atoms with Crippen molar-refractivity contribution in [2.75, 3.05) is 0 Å². The number of hydrogen-bond acceptors (Lipinski definition) is 0. The first-order chi connectivity index (χ1) is 18.1. The normalized spacial score (nSPS) is 59.8. The van der Waals surface area contributed by atoms with E-state index >= 15 is 0 Å². The van der Waals surface area contributed by atoms with Gasteiger partial charge in [0.05, 0.1) is 0 Å². The summed E-state index contributed by atoms with van der Waals surface area (Å²) in [6.07, 6.45) is 0. The molecule has 10 heterocycles. The molecule has 0 saturated carbocycles. The fourth-order valence-electron chi connectivity index (χ4n) is 20.9. The van der Waals surface area contributed by atoms with E-state index in [9.17, 15) is 0 Å². The zero-order valence-electron chi connectivity index (χ0n) is 21.1. The van der Waals surface area contributed by atoms with Crippen molar-refractivity contribution >= 4 is 49.5 Å². The van der Waals surface area contributed by atoms with Gasteiger partial charge in [-0.25, -0.2) is 0 Å². The van der Waals surface area contributed by atoms with E-state index < -0.39 is 6.51 Å². The van der Waals surface area contributed by atoms with Gasteiger partial charge < -0.3 is 0 Å². The van der Waals surface area contributed by atoms with Crippen LogP contribution in [0.3, 0.4) is 0 Å². The number of benzene rings is 4. The Labute approximate surface area is 238 Å². The first kappa shape index (κ1) is 21.7. The molecule has 5 heteroatoms. The molecule has 10 aliphatic heterocycles. The van der Waals surface area contributed by atoms with Crippen molar-refractivity contribution in [1.29, 1.82) is 0 Å². The van der Waals surface area contributed by atoms with Crippen molar-refractivity contribution in [3.05, 3.63) is 121 Å². The van der Waals surface area contributed by atoms with Crippen molar-refractivity contribution in [3.63, 3.8) is 0 Å². The van der Waals surface area contributed by atoms with Crippen LogP contribution in [0.4, 0.5) is 0 Å². The number of hydrogen-bond donors (Lipinski definition) is 0. The molecule has 4 aromatic carbocycles. The van der Waals surface area contributed by atoms with Crippen molar-refractivity contribution in [2.24, 2.45) is 0 Å². The Morgan fingerprint density at radius 1 is 0.410 bits per heavy atom. The van der Waals surface area contributed by atoms with Gasteiger partial charge in [0.25, 0.3) is 0 Å². The average Bonchev–Trinajstić information content (AvgIpc) is 3.92. The van der Waals surface area contributed by atoms with Crippen LogP contribution in [0.15, 0.2) is 121 Å². The minimum absolute atomic E-state index is 0. The van der Waals surface area contributed by atoms with E-state index in [2.05, 4.69) is 121 Å². The Morgan fingerprint density at radius 3 is 0.846 bits per heavy atom. The summed E-state index contributed by atoms with van der Waals surface area (Å²) in [4.78, 5) is 10.1. The van der Waals surface area contributed by atoms with E-state index in [4.69, 9.17) is 0 Å². The molecular weight excluding hydrogens is 620 g/mol. The Hall–Kier alpha value is -0.957. The standard InChI is InChI=1S/2C17H14P.ClH.Fe.Ni/c2*1-3-9-15(10-4-1)18(17-13-7-8-14-17)16-11-5-2-6-12-16;;;/h2*1-14H;1H;;. The Balaban J connectivity index is 0.000000962. The van der Waals surface area contributed by atoms with E-state index in [1.54, 1.807) is 21.2 Å². The van der Waals surface area contributed by atoms with Crippen molar-refractivity contribution in [2.45, 2.75) is 46.6 Å². The van der Waals surface area contributed by atoms with Crippen LogP contribution >= 0.6 is 28.3 Å². The van der Waals surface area contributed by atoms with E-state index in [1.807, 2.05) is 0 Å². The van der Waals surface area contributed by atoms with Crippen LogP contribution in [0.1, 0.15) is 0 Å². The second kappa shape index (κ2) is 3.45. The summed E-state index contributed by atoms with van der Waals surface area (Å²) in [5.74, 6) is 0. The van der Waals surface area contributed by atoms with Crippen molar-refractivity contribution in [3.8, 4) is 0 Å². The third kappa shape index (κ3) is 0.560. The molecule has 10 aliphatic rings. The second-order valence-electron chi connectivity index (χ2n) is 15.7. The maximum atomic E-state index is 2.54. The fourth-order valence-corrected chi connectivity index (χ4v) is 126. The summed E-state index contributed by atoms with van der Waals surface area (Å²) in [6, 6.07) is 48.0. The number of halogens is 1. The molecule has 8 atom stereocenters. The van der Waals surface area contributed by atoms with Gasteiger partial charge in [-0.15, -0.1) is 12.4 Å². The van der Waals surface area contributed by atoms with Crippen LogP contribution in [0.2, 0.25) is 38.5 Å². The summed E-state index contributed by atoms with van der Waals surface area (Å²) in [5, 5.41) is 6.87. The molecule has 0 aromatic heterocycles. The van der Waals surface area contributed by atoms with Gasteiger partial charge in [0, 0.05) is 16.5 Å². The van der Waals surface area contributed by atoms with Crippen LogP contribution in [0.25, 0.3) is 0 Å². The molecule has 0 N–H and O–H groups in total. The van der Waals surface area contributed by atoms with Gasteiger partial charge in [0.15, 0.2) is 0 Å². The maximum absolute atomic E-state index is 3.82. The summed E-state index contributed by atoms with van der Waals surface area (Å²) in [7, 11) is -0.505. The molecule has 200 valence electrons. The van der Waals surface area contributed by atoms with Crippen LogP contribution in [-0.4, -0.2) is 8.11 Å². The molecule has 0 aliphatic carbocycles. The third-order valence-electron chi connectivity index (χ3n) is 19.4. The van der Waals surface area contributed by atoms with E-state index in [0.717, 1.165) is 8.11 Å². The van der Waals surface area contributed by atoms with Gasteiger partial charge in [0.2, 0.25) is 0 Å². The summed E-state index contributed by atoms with van der Waals surface area (Å²) < 4.78 is 1.60. The quantitative estimate of drug-likeness (QED) is 0.147. The predicted octanol–water partition coefficient (Wildman–Crippen LogP) is 7.88. The zero-order valence-corrected chi connectivity index (χ0v) is 25.8. The molecule has 39 heavy (non-hydrogen) atoms. The Bertz CT molecular complexity index is 1920. The van der Waals surface area contributed by atoms with Crippen LogP contribution in [0, 0.1) is 0 Å². The topological polar surface area (TPSA) is 0 Å². The number of fused-ring (bicyclic) bond motifs is 10. The SMILES string of the molecule is Cl.[Ni].c1ccc(P(c2ccccc2)[C]23[CH]4[CH]5[CH]6[CH]2[Fe]56432789[CH]3[CH]2[CH]7[C]8(P(c2ccccc2)c2ccccc2)[CH]39)cc1. The van der Waals surface area contributed by atoms with Crippen molar-refractivity contribution in [1.82, 2.24) is 0 Å². The molecule has 0 nitrogen and oxygen atoms in total. The molecule has 0 amide bonds. The Morgan fingerprint density at radius 2 is 0.641 bits per heavy atom. The molecule has 14 rings (SSSR count). The molecule has 10 saturated heterocycles. The van der Waals surface area contributed by atoms with Crippen LogP contribution in [0.5, 0.6) is 0 Å². The van der Waals surface area contributed by atoms with E-state index in [0.29, 0.717) is 0 Å². The molecule has 0 bridgehead atoms. The molecular formula is C34H29ClFeNiP2. The van der Waals surface area contributed by atoms with Gasteiger partial charge >= 0.3 is 212 Å². The van der Waals surface area contributed by atoms with Crippen molar-refractivity contribution < 1.29 is 23.0 Å². The predicted molar refractivity (Wildman–Crippen MR) is 161 cm³/mol. The Kier molecular flexibility index (Phi) is 1.92. The van der Waals surface area contributed by atoms with Gasteiger partial charge in [-0.1, -0.05) is 0 Å². The fraction of sp³-hybridized carbons (Fsp3) is 0.294. The molecule has 4 aromatic rings. The molecule has 8 unspecified atom stereocenters. The average molecular weight is 650 g/mol. The molecule has 10 fully saturated rings. The summed E-state index contributed by atoms with van der Waals surface area (Å²) in [6.45, 7) is -3.82. The molecule has 1 spiro atoms. The van der Waals surface area contributed by atoms with Gasteiger partial charge in [-0.2, -0.15) is 0 Å². The van der Waals surface area contributed by atoms with Gasteiger partial charge in [-0.05, 0) is 0 Å². The van der Waals surface area contributed by atoms with Gasteiger partial charge in [-0.3, -0.25) is 0 Å². The van der Waals surface area contributed by atoms with Crippen LogP contribution < -0.4 is 21.2 Å². The number of rotatable bonds is 6. The minimum atomic E-state index is -3.82. The first-order valence-corrected chi connectivity index (χ1v) is 23.0.